The second-order valence-electron chi connectivity index (χ2n) is 7.05. The van der Waals surface area contributed by atoms with Crippen LogP contribution in [-0.2, 0) is 34.1 Å². The number of sulfonamides is 1. The summed E-state index contributed by atoms with van der Waals surface area (Å²) in [6, 6.07) is 12.0. The van der Waals surface area contributed by atoms with Gasteiger partial charge in [-0.25, -0.2) is 13.1 Å². The first-order valence-electron chi connectivity index (χ1n) is 9.80. The van der Waals surface area contributed by atoms with Crippen molar-refractivity contribution in [2.75, 3.05) is 6.54 Å². The summed E-state index contributed by atoms with van der Waals surface area (Å²) in [6.45, 7) is 0.303. The van der Waals surface area contributed by atoms with E-state index in [0.717, 1.165) is 27.3 Å². The molecular formula is C22H23ClN2O4S2. The fourth-order valence-electron chi connectivity index (χ4n) is 3.11. The van der Waals surface area contributed by atoms with Crippen molar-refractivity contribution < 1.29 is 18.3 Å². The van der Waals surface area contributed by atoms with Gasteiger partial charge in [0.25, 0.3) is 0 Å². The van der Waals surface area contributed by atoms with Crippen LogP contribution in [0.1, 0.15) is 33.7 Å². The highest BCUT2D eigenvalue weighted by molar-refractivity contribution is 7.89. The first-order chi connectivity index (χ1) is 14.8. The number of rotatable bonds is 11. The number of carboxylic acids is 1. The fourth-order valence-corrected chi connectivity index (χ4v) is 5.57. The lowest BCUT2D eigenvalue weighted by Gasteiger charge is -2.08. The van der Waals surface area contributed by atoms with Crippen LogP contribution in [0.4, 0.5) is 0 Å². The summed E-state index contributed by atoms with van der Waals surface area (Å²) >= 11 is 7.44. The third-order valence-electron chi connectivity index (χ3n) is 4.66. The Morgan fingerprint density at radius 2 is 1.94 bits per heavy atom. The van der Waals surface area contributed by atoms with Gasteiger partial charge in [-0.2, -0.15) is 0 Å². The number of nitrogens with zero attached hydrogens (tertiary/aromatic N) is 1. The summed E-state index contributed by atoms with van der Waals surface area (Å²) in [7, 11) is -3.58. The molecule has 0 unspecified atom stereocenters. The molecule has 6 nitrogen and oxygen atoms in total. The number of aryl methyl sites for hydroxylation is 2. The largest absolute Gasteiger partial charge is 0.481 e. The molecule has 0 aliphatic carbocycles. The number of halogens is 1. The van der Waals surface area contributed by atoms with E-state index in [1.165, 1.54) is 12.1 Å². The second-order valence-corrected chi connectivity index (χ2v) is 10.5. The Morgan fingerprint density at radius 3 is 2.61 bits per heavy atom. The van der Waals surface area contributed by atoms with Crippen LogP contribution in [0.25, 0.3) is 0 Å². The van der Waals surface area contributed by atoms with E-state index in [1.54, 1.807) is 29.7 Å². The molecule has 164 valence electrons. The number of carbonyl (C=O) groups is 1. The van der Waals surface area contributed by atoms with Crippen molar-refractivity contribution in [3.8, 4) is 0 Å². The van der Waals surface area contributed by atoms with Crippen LogP contribution in [-0.4, -0.2) is 31.0 Å². The lowest BCUT2D eigenvalue weighted by atomic mass is 10.1. The van der Waals surface area contributed by atoms with Crippen molar-refractivity contribution in [3.63, 3.8) is 0 Å². The third-order valence-corrected chi connectivity index (χ3v) is 7.63. The van der Waals surface area contributed by atoms with Gasteiger partial charge >= 0.3 is 5.97 Å². The smallest absolute Gasteiger partial charge is 0.303 e. The maximum atomic E-state index is 12.4. The zero-order valence-electron chi connectivity index (χ0n) is 16.8. The van der Waals surface area contributed by atoms with E-state index in [9.17, 15) is 13.2 Å². The molecule has 3 aromatic rings. The average Bonchev–Trinajstić information content (AvgIpc) is 3.12. The van der Waals surface area contributed by atoms with Crippen molar-refractivity contribution >= 4 is 38.9 Å². The van der Waals surface area contributed by atoms with E-state index < -0.39 is 16.0 Å². The van der Waals surface area contributed by atoms with Gasteiger partial charge in [0, 0.05) is 40.1 Å². The van der Waals surface area contributed by atoms with Crippen molar-refractivity contribution in [2.45, 2.75) is 37.0 Å². The number of hydrogen-bond donors (Lipinski definition) is 2. The minimum absolute atomic E-state index is 0.0905. The van der Waals surface area contributed by atoms with Gasteiger partial charge in [-0.15, -0.1) is 11.3 Å². The third kappa shape index (κ3) is 7.14. The molecule has 0 amide bonds. The van der Waals surface area contributed by atoms with Crippen LogP contribution in [0.15, 0.2) is 59.8 Å². The Bertz CT molecular complexity index is 1110. The molecule has 0 spiro atoms. The van der Waals surface area contributed by atoms with Crippen molar-refractivity contribution in [1.82, 2.24) is 9.71 Å². The molecule has 3 rings (SSSR count). The van der Waals surface area contributed by atoms with Gasteiger partial charge in [-0.3, -0.25) is 9.78 Å². The molecule has 1 aromatic carbocycles. The minimum Gasteiger partial charge on any atom is -0.481 e. The van der Waals surface area contributed by atoms with Gasteiger partial charge in [0.05, 0.1) is 11.3 Å². The van der Waals surface area contributed by atoms with E-state index in [4.69, 9.17) is 16.7 Å². The topological polar surface area (TPSA) is 96.4 Å². The summed E-state index contributed by atoms with van der Waals surface area (Å²) in [5.41, 5.74) is 2.21. The molecule has 2 aromatic heterocycles. The molecule has 2 N–H and O–H groups in total. The number of aromatic nitrogens is 1. The summed E-state index contributed by atoms with van der Waals surface area (Å²) in [5.74, 6) is -0.819. The predicted molar refractivity (Wildman–Crippen MR) is 122 cm³/mol. The van der Waals surface area contributed by atoms with Crippen molar-refractivity contribution in [2.24, 2.45) is 0 Å². The van der Waals surface area contributed by atoms with Crippen LogP contribution in [0, 0.1) is 0 Å². The standard InChI is InChI=1S/C22H23ClN2O4S2/c23-18-5-8-20(9-6-18)31(28,29)25-12-2-4-17-14-19(7-10-22(26)27)30-21(17)13-16-3-1-11-24-15-16/h1,3,5-6,8-9,11,14-15,25H,2,4,7,10,12-13H2,(H,26,27). The summed E-state index contributed by atoms with van der Waals surface area (Å²) < 4.78 is 27.4. The Morgan fingerprint density at radius 1 is 1.16 bits per heavy atom. The molecule has 0 fully saturated rings. The minimum atomic E-state index is -3.58. The number of pyridine rings is 1. The Kier molecular flexibility index (Phi) is 8.20. The summed E-state index contributed by atoms with van der Waals surface area (Å²) in [4.78, 5) is 17.4. The molecular weight excluding hydrogens is 456 g/mol. The molecule has 0 saturated carbocycles. The van der Waals surface area contributed by atoms with Crippen LogP contribution in [0.3, 0.4) is 0 Å². The van der Waals surface area contributed by atoms with E-state index in [-0.39, 0.29) is 11.3 Å². The normalized spacial score (nSPS) is 11.5. The summed E-state index contributed by atoms with van der Waals surface area (Å²) in [6.07, 6.45) is 6.17. The quantitative estimate of drug-likeness (QED) is 0.400. The van der Waals surface area contributed by atoms with Crippen molar-refractivity contribution in [1.29, 1.82) is 0 Å². The Balaban J connectivity index is 1.63. The zero-order chi connectivity index (χ0) is 22.3. The highest BCUT2D eigenvalue weighted by atomic mass is 35.5. The molecule has 2 heterocycles. The lowest BCUT2D eigenvalue weighted by molar-refractivity contribution is -0.136. The van der Waals surface area contributed by atoms with Crippen LogP contribution in [0.5, 0.6) is 0 Å². The summed E-state index contributed by atoms with van der Waals surface area (Å²) in [5, 5.41) is 9.45. The number of nitrogens with one attached hydrogen (secondary N) is 1. The maximum absolute atomic E-state index is 12.4. The molecule has 9 heteroatoms. The molecule has 0 saturated heterocycles. The van der Waals surface area contributed by atoms with Crippen molar-refractivity contribution in [3.05, 3.63) is 80.8 Å². The maximum Gasteiger partial charge on any atom is 0.303 e. The van der Waals surface area contributed by atoms with Crippen LogP contribution < -0.4 is 4.72 Å². The second kappa shape index (κ2) is 10.9. The number of carboxylic acid groups (broad SMARTS) is 1. The number of aliphatic carboxylic acids is 1. The first kappa shape index (κ1) is 23.4. The molecule has 31 heavy (non-hydrogen) atoms. The van der Waals surface area contributed by atoms with Gasteiger partial charge in [0.1, 0.15) is 0 Å². The van der Waals surface area contributed by atoms with E-state index in [1.807, 2.05) is 24.4 Å². The van der Waals surface area contributed by atoms with Gasteiger partial charge in [0.2, 0.25) is 10.0 Å². The first-order valence-corrected chi connectivity index (χ1v) is 12.5. The van der Waals surface area contributed by atoms with Crippen LogP contribution in [0.2, 0.25) is 5.02 Å². The van der Waals surface area contributed by atoms with E-state index in [2.05, 4.69) is 9.71 Å². The van der Waals surface area contributed by atoms with Gasteiger partial charge in [-0.05, 0) is 66.8 Å². The highest BCUT2D eigenvalue weighted by Crippen LogP contribution is 2.27. The fraction of sp³-hybridized carbons (Fsp3) is 0.273. The molecule has 0 radical (unpaired) electrons. The van der Waals surface area contributed by atoms with Gasteiger partial charge in [-0.1, -0.05) is 17.7 Å². The Hall–Kier alpha value is -2.26. The van der Waals surface area contributed by atoms with E-state index in [0.29, 0.717) is 30.8 Å². The Labute approximate surface area is 191 Å². The zero-order valence-corrected chi connectivity index (χ0v) is 19.1. The van der Waals surface area contributed by atoms with E-state index >= 15 is 0 Å². The lowest BCUT2D eigenvalue weighted by Crippen LogP contribution is -2.25. The molecule has 0 aliphatic rings. The number of thiophene rings is 1. The molecule has 0 atom stereocenters. The van der Waals surface area contributed by atoms with Crippen LogP contribution >= 0.6 is 22.9 Å². The van der Waals surface area contributed by atoms with Gasteiger partial charge < -0.3 is 5.11 Å². The molecule has 0 aliphatic heterocycles. The number of hydrogen-bond acceptors (Lipinski definition) is 5. The SMILES string of the molecule is O=C(O)CCc1cc(CCCNS(=O)(=O)c2ccc(Cl)cc2)c(Cc2cccnc2)s1. The number of benzene rings is 1. The average molecular weight is 479 g/mol. The van der Waals surface area contributed by atoms with Gasteiger partial charge in [0.15, 0.2) is 0 Å². The predicted octanol–water partition coefficient (Wildman–Crippen LogP) is 4.32. The molecule has 0 bridgehead atoms. The highest BCUT2D eigenvalue weighted by Gasteiger charge is 2.14. The monoisotopic (exact) mass is 478 g/mol.